The number of hydrogen-bond acceptors (Lipinski definition) is 6. The SMILES string of the molecule is COC(=O)c1ccc(NC(=O)C2=NN(c3ccccc3)C(C(N)=O)C2)cc1. The molecule has 2 aromatic carbocycles. The molecule has 8 heteroatoms. The van der Waals surface area contributed by atoms with E-state index in [0.717, 1.165) is 0 Å². The normalized spacial score (nSPS) is 15.8. The third-order valence-electron chi connectivity index (χ3n) is 4.09. The minimum atomic E-state index is -0.727. The highest BCUT2D eigenvalue weighted by atomic mass is 16.5. The van der Waals surface area contributed by atoms with Crippen LogP contribution in [0, 0.1) is 0 Å². The van der Waals surface area contributed by atoms with Crippen molar-refractivity contribution in [2.24, 2.45) is 10.8 Å². The van der Waals surface area contributed by atoms with Gasteiger partial charge in [0.15, 0.2) is 0 Å². The van der Waals surface area contributed by atoms with Crippen molar-refractivity contribution in [2.75, 3.05) is 17.4 Å². The molecule has 0 bridgehead atoms. The van der Waals surface area contributed by atoms with E-state index in [1.54, 1.807) is 36.4 Å². The zero-order chi connectivity index (χ0) is 19.4. The van der Waals surface area contributed by atoms with Gasteiger partial charge in [0, 0.05) is 12.1 Å². The van der Waals surface area contributed by atoms with Crippen LogP contribution in [0.4, 0.5) is 11.4 Å². The van der Waals surface area contributed by atoms with Crippen LogP contribution >= 0.6 is 0 Å². The van der Waals surface area contributed by atoms with Gasteiger partial charge in [0.2, 0.25) is 5.91 Å². The number of primary amides is 1. The first kappa shape index (κ1) is 18.1. The predicted molar refractivity (Wildman–Crippen MR) is 100 cm³/mol. The van der Waals surface area contributed by atoms with Crippen molar-refractivity contribution < 1.29 is 19.1 Å². The summed E-state index contributed by atoms with van der Waals surface area (Å²) in [4.78, 5) is 35.7. The van der Waals surface area contributed by atoms with Crippen LogP contribution in [0.2, 0.25) is 0 Å². The van der Waals surface area contributed by atoms with Crippen LogP contribution in [-0.2, 0) is 14.3 Å². The molecule has 1 aliphatic heterocycles. The first-order valence-electron chi connectivity index (χ1n) is 8.20. The molecule has 0 saturated heterocycles. The maximum atomic E-state index is 12.5. The van der Waals surface area contributed by atoms with Crippen molar-refractivity contribution in [1.82, 2.24) is 0 Å². The van der Waals surface area contributed by atoms with E-state index in [-0.39, 0.29) is 12.1 Å². The minimum Gasteiger partial charge on any atom is -0.465 e. The van der Waals surface area contributed by atoms with Crippen LogP contribution in [0.25, 0.3) is 0 Å². The Bertz CT molecular complexity index is 894. The van der Waals surface area contributed by atoms with Gasteiger partial charge in [-0.2, -0.15) is 5.10 Å². The first-order chi connectivity index (χ1) is 13.0. The van der Waals surface area contributed by atoms with Crippen LogP contribution < -0.4 is 16.1 Å². The van der Waals surface area contributed by atoms with Gasteiger partial charge in [-0.15, -0.1) is 0 Å². The lowest BCUT2D eigenvalue weighted by atomic mass is 10.1. The number of nitrogens with one attached hydrogen (secondary N) is 1. The third kappa shape index (κ3) is 3.95. The van der Waals surface area contributed by atoms with E-state index in [9.17, 15) is 14.4 Å². The van der Waals surface area contributed by atoms with E-state index in [0.29, 0.717) is 16.9 Å². The number of nitrogens with zero attached hydrogens (tertiary/aromatic N) is 2. The molecule has 0 saturated carbocycles. The molecule has 0 radical (unpaired) electrons. The fourth-order valence-corrected chi connectivity index (χ4v) is 2.70. The molecule has 1 unspecified atom stereocenters. The van der Waals surface area contributed by atoms with Crippen molar-refractivity contribution >= 4 is 34.9 Å². The zero-order valence-corrected chi connectivity index (χ0v) is 14.6. The van der Waals surface area contributed by atoms with Crippen molar-refractivity contribution in [3.63, 3.8) is 0 Å². The van der Waals surface area contributed by atoms with Gasteiger partial charge in [-0.3, -0.25) is 14.6 Å². The number of rotatable bonds is 5. The lowest BCUT2D eigenvalue weighted by molar-refractivity contribution is -0.119. The second-order valence-electron chi connectivity index (χ2n) is 5.87. The monoisotopic (exact) mass is 366 g/mol. The third-order valence-corrected chi connectivity index (χ3v) is 4.09. The molecule has 0 aromatic heterocycles. The number of para-hydroxylation sites is 1. The number of carbonyl (C=O) groups excluding carboxylic acids is 3. The maximum absolute atomic E-state index is 12.5. The molecule has 27 heavy (non-hydrogen) atoms. The summed E-state index contributed by atoms with van der Waals surface area (Å²) in [5.41, 5.74) is 7.20. The van der Waals surface area contributed by atoms with Gasteiger partial charge in [0.25, 0.3) is 5.91 Å². The molecule has 1 heterocycles. The van der Waals surface area contributed by atoms with Crippen LogP contribution in [0.15, 0.2) is 59.7 Å². The van der Waals surface area contributed by atoms with E-state index >= 15 is 0 Å². The number of ether oxygens (including phenoxy) is 1. The summed E-state index contributed by atoms with van der Waals surface area (Å²) < 4.78 is 4.63. The van der Waals surface area contributed by atoms with Gasteiger partial charge in [-0.25, -0.2) is 4.79 Å². The van der Waals surface area contributed by atoms with Crippen molar-refractivity contribution in [1.29, 1.82) is 0 Å². The average molecular weight is 366 g/mol. The first-order valence-corrected chi connectivity index (χ1v) is 8.20. The Morgan fingerprint density at radius 3 is 2.37 bits per heavy atom. The second kappa shape index (κ2) is 7.69. The van der Waals surface area contributed by atoms with Crippen molar-refractivity contribution in [3.8, 4) is 0 Å². The van der Waals surface area contributed by atoms with Gasteiger partial charge in [0.1, 0.15) is 11.8 Å². The van der Waals surface area contributed by atoms with Gasteiger partial charge < -0.3 is 15.8 Å². The van der Waals surface area contributed by atoms with Gasteiger partial charge in [-0.1, -0.05) is 18.2 Å². The summed E-state index contributed by atoms with van der Waals surface area (Å²) in [6, 6.07) is 14.6. The van der Waals surface area contributed by atoms with Crippen LogP contribution in [0.5, 0.6) is 0 Å². The Kier molecular flexibility index (Phi) is 5.16. The number of hydrogen-bond donors (Lipinski definition) is 2. The quantitative estimate of drug-likeness (QED) is 0.779. The summed E-state index contributed by atoms with van der Waals surface area (Å²) >= 11 is 0. The number of esters is 1. The summed E-state index contributed by atoms with van der Waals surface area (Å²) in [5, 5.41) is 8.43. The molecule has 2 aromatic rings. The Hall–Kier alpha value is -3.68. The van der Waals surface area contributed by atoms with E-state index in [2.05, 4.69) is 15.2 Å². The molecule has 1 aliphatic rings. The summed E-state index contributed by atoms with van der Waals surface area (Å²) in [6.45, 7) is 0. The fraction of sp³-hybridized carbons (Fsp3) is 0.158. The topological polar surface area (TPSA) is 114 Å². The average Bonchev–Trinajstić information content (AvgIpc) is 3.14. The van der Waals surface area contributed by atoms with Gasteiger partial charge in [0.05, 0.1) is 18.4 Å². The maximum Gasteiger partial charge on any atom is 0.337 e. The predicted octanol–water partition coefficient (Wildman–Crippen LogP) is 1.53. The molecule has 0 spiro atoms. The van der Waals surface area contributed by atoms with E-state index in [4.69, 9.17) is 5.73 Å². The van der Waals surface area contributed by atoms with Crippen LogP contribution in [-0.4, -0.2) is 36.6 Å². The van der Waals surface area contributed by atoms with E-state index < -0.39 is 23.8 Å². The number of anilines is 2. The largest absolute Gasteiger partial charge is 0.465 e. The number of hydrazone groups is 1. The number of methoxy groups -OCH3 is 1. The molecule has 8 nitrogen and oxygen atoms in total. The minimum absolute atomic E-state index is 0.107. The molecular formula is C19H18N4O4. The second-order valence-corrected chi connectivity index (χ2v) is 5.87. The Labute approximate surface area is 155 Å². The van der Waals surface area contributed by atoms with E-state index in [1.807, 2.05) is 18.2 Å². The Balaban J connectivity index is 1.76. The lowest BCUT2D eigenvalue weighted by Gasteiger charge is -2.20. The standard InChI is InChI=1S/C19H18N4O4/c1-27-19(26)12-7-9-13(10-8-12)21-18(25)15-11-16(17(20)24)23(22-15)14-5-3-2-4-6-14/h2-10,16H,11H2,1H3,(H2,20,24)(H,21,25). The van der Waals surface area contributed by atoms with E-state index in [1.165, 1.54) is 12.1 Å². The highest BCUT2D eigenvalue weighted by Gasteiger charge is 2.34. The van der Waals surface area contributed by atoms with Crippen molar-refractivity contribution in [2.45, 2.75) is 12.5 Å². The Morgan fingerprint density at radius 1 is 1.11 bits per heavy atom. The molecular weight excluding hydrogens is 348 g/mol. The summed E-state index contributed by atoms with van der Waals surface area (Å²) in [6.07, 6.45) is 0.107. The summed E-state index contributed by atoms with van der Waals surface area (Å²) in [5.74, 6) is -1.46. The molecule has 1 atom stereocenters. The number of amides is 2. The molecule has 0 fully saturated rings. The molecule has 2 amide bonds. The van der Waals surface area contributed by atoms with Gasteiger partial charge >= 0.3 is 5.97 Å². The molecule has 0 aliphatic carbocycles. The van der Waals surface area contributed by atoms with Crippen molar-refractivity contribution in [3.05, 3.63) is 60.2 Å². The highest BCUT2D eigenvalue weighted by Crippen LogP contribution is 2.24. The highest BCUT2D eigenvalue weighted by molar-refractivity contribution is 6.44. The number of carbonyl (C=O) groups is 3. The molecule has 138 valence electrons. The van der Waals surface area contributed by atoms with Gasteiger partial charge in [-0.05, 0) is 36.4 Å². The molecule has 3 rings (SSSR count). The Morgan fingerprint density at radius 2 is 1.78 bits per heavy atom. The summed E-state index contributed by atoms with van der Waals surface area (Å²) in [7, 11) is 1.30. The smallest absolute Gasteiger partial charge is 0.337 e. The van der Waals surface area contributed by atoms with Crippen LogP contribution in [0.1, 0.15) is 16.8 Å². The van der Waals surface area contributed by atoms with Crippen LogP contribution in [0.3, 0.4) is 0 Å². The number of nitrogens with two attached hydrogens (primary N) is 1. The fourth-order valence-electron chi connectivity index (χ4n) is 2.70. The zero-order valence-electron chi connectivity index (χ0n) is 14.6. The lowest BCUT2D eigenvalue weighted by Crippen LogP contribution is -2.39. The number of benzene rings is 2. The molecule has 3 N–H and O–H groups in total.